The van der Waals surface area contributed by atoms with Crippen molar-refractivity contribution in [3.63, 3.8) is 0 Å². The Morgan fingerprint density at radius 3 is 2.48 bits per heavy atom. The minimum atomic E-state index is -0.0329. The van der Waals surface area contributed by atoms with E-state index in [0.717, 1.165) is 5.56 Å². The molecular formula is C23H21N5O2S. The van der Waals surface area contributed by atoms with Crippen LogP contribution >= 0.6 is 11.8 Å². The maximum Gasteiger partial charge on any atom is 0.143 e. The van der Waals surface area contributed by atoms with Crippen LogP contribution in [0.25, 0.3) is 11.1 Å². The van der Waals surface area contributed by atoms with Gasteiger partial charge >= 0.3 is 0 Å². The Morgan fingerprint density at radius 1 is 1.13 bits per heavy atom. The smallest absolute Gasteiger partial charge is 0.143 e. The molecule has 2 N–H and O–H groups in total. The van der Waals surface area contributed by atoms with Crippen LogP contribution in [-0.4, -0.2) is 29.8 Å². The van der Waals surface area contributed by atoms with Gasteiger partial charge in [0.25, 0.3) is 0 Å². The molecule has 0 aliphatic heterocycles. The average molecular weight is 432 g/mol. The number of rotatable bonds is 8. The summed E-state index contributed by atoms with van der Waals surface area (Å²) in [7, 11) is 1.63. The van der Waals surface area contributed by atoms with Gasteiger partial charge in [-0.1, -0.05) is 18.2 Å². The minimum Gasteiger partial charge on any atom is -0.491 e. The monoisotopic (exact) mass is 431 g/mol. The molecule has 0 aliphatic carbocycles. The van der Waals surface area contributed by atoms with Gasteiger partial charge in [0.2, 0.25) is 0 Å². The van der Waals surface area contributed by atoms with Crippen molar-refractivity contribution < 1.29 is 9.47 Å². The summed E-state index contributed by atoms with van der Waals surface area (Å²) in [5, 5.41) is 20.0. The molecule has 0 unspecified atom stereocenters. The summed E-state index contributed by atoms with van der Waals surface area (Å²) < 4.78 is 10.9. The third-order valence-electron chi connectivity index (χ3n) is 4.54. The number of thioether (sulfide) groups is 1. The molecule has 7 nitrogen and oxygen atoms in total. The lowest BCUT2D eigenvalue weighted by molar-refractivity contribution is 0.0717. The van der Waals surface area contributed by atoms with E-state index in [1.165, 1.54) is 11.8 Å². The Kier molecular flexibility index (Phi) is 7.45. The molecule has 2 aromatic heterocycles. The first kappa shape index (κ1) is 22.1. The average Bonchev–Trinajstić information content (AvgIpc) is 2.81. The summed E-state index contributed by atoms with van der Waals surface area (Å²) >= 11 is 1.38. The number of hydrogen-bond donors (Lipinski definition) is 1. The maximum atomic E-state index is 9.89. The van der Waals surface area contributed by atoms with Crippen molar-refractivity contribution in [3.05, 3.63) is 65.5 Å². The van der Waals surface area contributed by atoms with Gasteiger partial charge in [-0.3, -0.25) is 4.98 Å². The fourth-order valence-electron chi connectivity index (χ4n) is 2.83. The molecule has 0 saturated carbocycles. The maximum absolute atomic E-state index is 9.89. The number of ether oxygens (including phenoxy) is 2. The number of methoxy groups -OCH3 is 1. The third kappa shape index (κ3) is 5.32. The molecule has 0 amide bonds. The zero-order valence-corrected chi connectivity index (χ0v) is 18.0. The van der Waals surface area contributed by atoms with Crippen molar-refractivity contribution in [2.75, 3.05) is 19.5 Å². The van der Waals surface area contributed by atoms with Crippen molar-refractivity contribution in [2.45, 2.75) is 23.8 Å². The van der Waals surface area contributed by atoms with Crippen LogP contribution in [0.5, 0.6) is 5.75 Å². The number of anilines is 1. The van der Waals surface area contributed by atoms with E-state index in [9.17, 15) is 10.5 Å². The predicted octanol–water partition coefficient (Wildman–Crippen LogP) is 4.18. The summed E-state index contributed by atoms with van der Waals surface area (Å²) in [6.45, 7) is 2.33. The van der Waals surface area contributed by atoms with Crippen LogP contribution in [0.4, 0.5) is 5.82 Å². The molecule has 0 aliphatic rings. The molecule has 0 fully saturated rings. The lowest BCUT2D eigenvalue weighted by atomic mass is 9.97. The number of pyridine rings is 2. The fourth-order valence-corrected chi connectivity index (χ4v) is 3.75. The number of nitrogen functional groups attached to an aromatic ring is 1. The lowest BCUT2D eigenvalue weighted by Gasteiger charge is -2.14. The molecule has 31 heavy (non-hydrogen) atoms. The Bertz CT molecular complexity index is 1120. The van der Waals surface area contributed by atoms with Crippen LogP contribution < -0.4 is 10.5 Å². The lowest BCUT2D eigenvalue weighted by Crippen LogP contribution is -2.15. The quantitative estimate of drug-likeness (QED) is 0.528. The molecule has 0 radical (unpaired) electrons. The van der Waals surface area contributed by atoms with Crippen LogP contribution in [0.15, 0.2) is 53.8 Å². The molecule has 1 aromatic carbocycles. The van der Waals surface area contributed by atoms with E-state index in [1.807, 2.05) is 19.1 Å². The van der Waals surface area contributed by atoms with E-state index >= 15 is 0 Å². The summed E-state index contributed by atoms with van der Waals surface area (Å²) in [6, 6.07) is 15.3. The van der Waals surface area contributed by atoms with Crippen molar-refractivity contribution in [3.8, 4) is 29.0 Å². The van der Waals surface area contributed by atoms with Crippen LogP contribution in [0, 0.1) is 22.7 Å². The summed E-state index contributed by atoms with van der Waals surface area (Å²) in [6.07, 6.45) is 3.43. The highest BCUT2D eigenvalue weighted by Gasteiger charge is 2.20. The number of aromatic nitrogens is 2. The number of nitrogens with zero attached hydrogens (tertiary/aromatic N) is 4. The largest absolute Gasteiger partial charge is 0.491 e. The van der Waals surface area contributed by atoms with Crippen LogP contribution in [0.2, 0.25) is 0 Å². The van der Waals surface area contributed by atoms with Crippen molar-refractivity contribution >= 4 is 17.6 Å². The zero-order chi connectivity index (χ0) is 22.2. The normalized spacial score (nSPS) is 11.4. The van der Waals surface area contributed by atoms with Gasteiger partial charge in [-0.2, -0.15) is 10.5 Å². The second-order valence-electron chi connectivity index (χ2n) is 6.68. The van der Waals surface area contributed by atoms with Gasteiger partial charge < -0.3 is 15.2 Å². The number of benzene rings is 1. The van der Waals surface area contributed by atoms with Gasteiger partial charge in [0, 0.05) is 30.8 Å². The molecule has 156 valence electrons. The summed E-state index contributed by atoms with van der Waals surface area (Å²) in [5.74, 6) is 1.34. The number of hydrogen-bond acceptors (Lipinski definition) is 8. The fraction of sp³-hybridized carbons (Fsp3) is 0.217. The van der Waals surface area contributed by atoms with Crippen LogP contribution in [-0.2, 0) is 10.5 Å². The first-order valence-electron chi connectivity index (χ1n) is 9.48. The third-order valence-corrected chi connectivity index (χ3v) is 5.59. The Hall–Kier alpha value is -3.59. The highest BCUT2D eigenvalue weighted by Crippen LogP contribution is 2.37. The molecule has 0 spiro atoms. The van der Waals surface area contributed by atoms with Gasteiger partial charge in [0.1, 0.15) is 40.9 Å². The van der Waals surface area contributed by atoms with E-state index in [0.29, 0.717) is 39.8 Å². The Morgan fingerprint density at radius 2 is 1.87 bits per heavy atom. The molecule has 1 atom stereocenters. The molecular weight excluding hydrogens is 410 g/mol. The molecule has 2 heterocycles. The summed E-state index contributed by atoms with van der Waals surface area (Å²) in [5.41, 5.74) is 8.75. The first-order valence-corrected chi connectivity index (χ1v) is 10.5. The highest BCUT2D eigenvalue weighted by atomic mass is 32.2. The molecule has 3 rings (SSSR count). The molecule has 8 heteroatoms. The van der Waals surface area contributed by atoms with E-state index < -0.39 is 0 Å². The van der Waals surface area contributed by atoms with Crippen LogP contribution in [0.3, 0.4) is 0 Å². The molecule has 0 bridgehead atoms. The second-order valence-corrected chi connectivity index (χ2v) is 7.65. The second kappa shape index (κ2) is 10.4. The zero-order valence-electron chi connectivity index (χ0n) is 17.2. The van der Waals surface area contributed by atoms with E-state index in [4.69, 9.17) is 15.2 Å². The first-order chi connectivity index (χ1) is 15.1. The van der Waals surface area contributed by atoms with Gasteiger partial charge in [-0.05, 0) is 36.2 Å². The molecule has 3 aromatic rings. The van der Waals surface area contributed by atoms with E-state index in [1.54, 1.807) is 43.8 Å². The summed E-state index contributed by atoms with van der Waals surface area (Å²) in [4.78, 5) is 8.43. The van der Waals surface area contributed by atoms with Gasteiger partial charge in [-0.25, -0.2) is 4.98 Å². The van der Waals surface area contributed by atoms with Gasteiger partial charge in [-0.15, -0.1) is 11.8 Å². The minimum absolute atomic E-state index is 0.0329. The Labute approximate surface area is 185 Å². The molecule has 0 saturated heterocycles. The van der Waals surface area contributed by atoms with Crippen molar-refractivity contribution in [2.24, 2.45) is 0 Å². The number of nitriles is 2. The van der Waals surface area contributed by atoms with Crippen molar-refractivity contribution in [1.29, 1.82) is 10.5 Å². The van der Waals surface area contributed by atoms with Gasteiger partial charge in [0.15, 0.2) is 0 Å². The van der Waals surface area contributed by atoms with Crippen molar-refractivity contribution in [1.82, 2.24) is 9.97 Å². The Balaban J connectivity index is 1.96. The van der Waals surface area contributed by atoms with Crippen LogP contribution in [0.1, 0.15) is 23.6 Å². The predicted molar refractivity (Wildman–Crippen MR) is 119 cm³/mol. The SMILES string of the molecule is CO[C@@H](C)COc1ccc(-c2c(C#N)c(N)nc(SCc3cccnc3)c2C#N)cc1. The topological polar surface area (TPSA) is 118 Å². The van der Waals surface area contributed by atoms with Gasteiger partial charge in [0.05, 0.1) is 11.7 Å². The van der Waals surface area contributed by atoms with E-state index in [-0.39, 0.29) is 17.5 Å². The highest BCUT2D eigenvalue weighted by molar-refractivity contribution is 7.98. The standard InChI is InChI=1S/C23H21N5O2S/c1-15(29-2)13-30-18-7-5-17(6-8-18)21-19(10-24)22(26)28-23(20(21)11-25)31-14-16-4-3-9-27-12-16/h3-9,12,15H,13-14H2,1-2H3,(H2,26,28)/t15-/m0/s1. The number of nitrogens with two attached hydrogens (primary N) is 1. The van der Waals surface area contributed by atoms with E-state index in [2.05, 4.69) is 22.1 Å².